The number of hydrogen-bond acceptors (Lipinski definition) is 5. The number of nitrogens with zero attached hydrogens (tertiary/aromatic N) is 2. The van der Waals surface area contributed by atoms with Gasteiger partial charge >= 0.3 is 11.8 Å². The number of hydrogen-bond donors (Lipinski definition) is 2. The Labute approximate surface area is 180 Å². The number of ether oxygens (including phenoxy) is 1. The van der Waals surface area contributed by atoms with Crippen molar-refractivity contribution in [3.63, 3.8) is 0 Å². The Morgan fingerprint density at radius 1 is 1.19 bits per heavy atom. The third kappa shape index (κ3) is 4.23. The van der Waals surface area contributed by atoms with Gasteiger partial charge in [-0.05, 0) is 61.1 Å². The average molecular weight is 422 g/mol. The molecule has 0 radical (unpaired) electrons. The molecule has 31 heavy (non-hydrogen) atoms. The molecule has 0 aliphatic carbocycles. The minimum Gasteiger partial charge on any atom is -0.490 e. The van der Waals surface area contributed by atoms with Crippen LogP contribution in [0.3, 0.4) is 0 Å². The van der Waals surface area contributed by atoms with E-state index in [-0.39, 0.29) is 29.4 Å². The summed E-state index contributed by atoms with van der Waals surface area (Å²) in [6.45, 7) is 4.57. The molecule has 2 aliphatic heterocycles. The molecule has 3 amide bonds. The van der Waals surface area contributed by atoms with E-state index < -0.39 is 17.7 Å². The zero-order valence-electron chi connectivity index (χ0n) is 17.6. The quantitative estimate of drug-likeness (QED) is 0.738. The Bertz CT molecular complexity index is 1040. The average Bonchev–Trinajstić information content (AvgIpc) is 3.12. The second-order valence-corrected chi connectivity index (χ2v) is 8.37. The molecule has 0 bridgehead atoms. The number of carbonyl (C=O) groups is 3. The highest BCUT2D eigenvalue weighted by molar-refractivity contribution is 6.39. The Morgan fingerprint density at radius 2 is 2.00 bits per heavy atom. The molecule has 2 aromatic rings. The van der Waals surface area contributed by atoms with E-state index in [0.717, 1.165) is 36.1 Å². The minimum atomic E-state index is -0.835. The van der Waals surface area contributed by atoms with Crippen molar-refractivity contribution in [2.45, 2.75) is 45.3 Å². The van der Waals surface area contributed by atoms with Crippen molar-refractivity contribution >= 4 is 23.5 Å². The number of pyridine rings is 1. The Morgan fingerprint density at radius 3 is 2.77 bits per heavy atom. The number of fused-ring (bicyclic) bond motifs is 1. The lowest BCUT2D eigenvalue weighted by molar-refractivity contribution is -0.146. The molecular formula is C23H26N4O4. The fourth-order valence-corrected chi connectivity index (χ4v) is 4.37. The Kier molecular flexibility index (Phi) is 5.63. The number of nitrogens with two attached hydrogens (primary N) is 1. The largest absolute Gasteiger partial charge is 0.490 e. The van der Waals surface area contributed by atoms with Crippen LogP contribution in [0.15, 0.2) is 36.5 Å². The normalized spacial score (nSPS) is 22.4. The summed E-state index contributed by atoms with van der Waals surface area (Å²) >= 11 is 0. The van der Waals surface area contributed by atoms with Gasteiger partial charge in [-0.25, -0.2) is 4.98 Å². The molecule has 3 heterocycles. The Hall–Kier alpha value is -3.42. The number of nitrogens with one attached hydrogen (secondary N) is 1. The molecule has 8 heteroatoms. The van der Waals surface area contributed by atoms with Gasteiger partial charge < -0.3 is 20.7 Å². The second-order valence-electron chi connectivity index (χ2n) is 8.37. The lowest BCUT2D eigenvalue weighted by Crippen LogP contribution is -2.46. The van der Waals surface area contributed by atoms with Crippen LogP contribution in [-0.4, -0.2) is 40.3 Å². The molecule has 3 N–H and O–H groups in total. The highest BCUT2D eigenvalue weighted by Crippen LogP contribution is 2.37. The molecule has 0 unspecified atom stereocenters. The smallest absolute Gasteiger partial charge is 0.315 e. The number of piperidine rings is 1. The molecule has 8 nitrogen and oxygen atoms in total. The predicted octanol–water partition coefficient (Wildman–Crippen LogP) is 2.44. The van der Waals surface area contributed by atoms with Crippen molar-refractivity contribution in [2.24, 2.45) is 11.7 Å². The monoisotopic (exact) mass is 422 g/mol. The molecular weight excluding hydrogens is 396 g/mol. The molecule has 1 aromatic heterocycles. The summed E-state index contributed by atoms with van der Waals surface area (Å²) in [7, 11) is 0. The summed E-state index contributed by atoms with van der Waals surface area (Å²) in [5, 5.41) is 2.46. The van der Waals surface area contributed by atoms with Gasteiger partial charge in [0.15, 0.2) is 0 Å². The van der Waals surface area contributed by atoms with Crippen molar-refractivity contribution in [1.82, 2.24) is 9.88 Å². The summed E-state index contributed by atoms with van der Waals surface area (Å²) in [5.41, 5.74) is 7.52. The highest BCUT2D eigenvalue weighted by Gasteiger charge is 2.35. The molecule has 2 aliphatic rings. The predicted molar refractivity (Wildman–Crippen MR) is 114 cm³/mol. The van der Waals surface area contributed by atoms with Gasteiger partial charge in [0.2, 0.25) is 0 Å². The summed E-state index contributed by atoms with van der Waals surface area (Å²) < 4.78 is 5.79. The van der Waals surface area contributed by atoms with E-state index in [9.17, 15) is 14.4 Å². The van der Waals surface area contributed by atoms with E-state index in [1.54, 1.807) is 11.0 Å². The first-order valence-electron chi connectivity index (χ1n) is 10.5. The first-order chi connectivity index (χ1) is 14.8. The molecule has 3 atom stereocenters. The fraction of sp³-hybridized carbons (Fsp3) is 0.391. The number of carbonyl (C=O) groups excluding carboxylic acids is 3. The molecule has 0 spiro atoms. The van der Waals surface area contributed by atoms with Crippen LogP contribution in [0.1, 0.15) is 54.2 Å². The van der Waals surface area contributed by atoms with Crippen LogP contribution in [0.4, 0.5) is 5.82 Å². The molecule has 4 rings (SSSR count). The number of aromatic nitrogens is 1. The molecule has 1 aromatic carbocycles. The summed E-state index contributed by atoms with van der Waals surface area (Å²) in [5.74, 6) is -1.07. The van der Waals surface area contributed by atoms with E-state index >= 15 is 0 Å². The van der Waals surface area contributed by atoms with E-state index in [2.05, 4.69) is 23.3 Å². The van der Waals surface area contributed by atoms with Gasteiger partial charge in [-0.2, -0.15) is 0 Å². The van der Waals surface area contributed by atoms with E-state index in [0.29, 0.717) is 6.54 Å². The molecule has 1 fully saturated rings. The fourth-order valence-electron chi connectivity index (χ4n) is 4.37. The first-order valence-corrected chi connectivity index (χ1v) is 10.5. The lowest BCUT2D eigenvalue weighted by Gasteiger charge is -2.38. The lowest BCUT2D eigenvalue weighted by atomic mass is 9.89. The van der Waals surface area contributed by atoms with Crippen LogP contribution in [0.5, 0.6) is 5.75 Å². The topological polar surface area (TPSA) is 115 Å². The minimum absolute atomic E-state index is 0.0152. The van der Waals surface area contributed by atoms with Crippen molar-refractivity contribution in [3.8, 4) is 5.75 Å². The van der Waals surface area contributed by atoms with Crippen LogP contribution in [0, 0.1) is 5.92 Å². The van der Waals surface area contributed by atoms with Gasteiger partial charge in [0.25, 0.3) is 5.91 Å². The maximum absolute atomic E-state index is 13.1. The molecule has 1 saturated heterocycles. The van der Waals surface area contributed by atoms with Gasteiger partial charge in [-0.1, -0.05) is 13.0 Å². The maximum Gasteiger partial charge on any atom is 0.315 e. The number of amides is 3. The van der Waals surface area contributed by atoms with E-state index in [1.807, 2.05) is 19.1 Å². The second kappa shape index (κ2) is 8.37. The number of primary amides is 1. The van der Waals surface area contributed by atoms with Gasteiger partial charge in [0, 0.05) is 19.2 Å². The van der Waals surface area contributed by atoms with Gasteiger partial charge in [0.05, 0.1) is 11.6 Å². The number of anilines is 1. The molecule has 0 saturated carbocycles. The number of likely N-dealkylation sites (tertiary alicyclic amines) is 1. The third-order valence-electron chi connectivity index (χ3n) is 5.88. The first kappa shape index (κ1) is 20.8. The zero-order chi connectivity index (χ0) is 22.1. The number of rotatable bonds is 3. The Balaban J connectivity index is 1.57. The third-order valence-corrected chi connectivity index (χ3v) is 5.88. The van der Waals surface area contributed by atoms with Gasteiger partial charge in [-0.3, -0.25) is 14.4 Å². The van der Waals surface area contributed by atoms with Crippen molar-refractivity contribution in [2.75, 3.05) is 11.9 Å². The molecule has 162 valence electrons. The summed E-state index contributed by atoms with van der Waals surface area (Å²) in [6.07, 6.45) is 4.12. The summed E-state index contributed by atoms with van der Waals surface area (Å²) in [6, 6.07) is 8.80. The van der Waals surface area contributed by atoms with Crippen LogP contribution in [-0.2, 0) is 16.0 Å². The summed E-state index contributed by atoms with van der Waals surface area (Å²) in [4.78, 5) is 43.1. The van der Waals surface area contributed by atoms with E-state index in [1.165, 1.54) is 12.3 Å². The van der Waals surface area contributed by atoms with Crippen molar-refractivity contribution < 1.29 is 19.1 Å². The van der Waals surface area contributed by atoms with Crippen molar-refractivity contribution in [3.05, 3.63) is 53.2 Å². The van der Waals surface area contributed by atoms with Gasteiger partial charge in [0.1, 0.15) is 17.7 Å². The SMILES string of the molecule is C[C@H]1CC[C@H](c2ccc3c(c2)C[C@H](C)O3)N(C(=O)C(=O)Nc2ncccc2C(N)=O)C1. The van der Waals surface area contributed by atoms with Crippen LogP contribution in [0.2, 0.25) is 0 Å². The number of benzene rings is 1. The maximum atomic E-state index is 13.1. The zero-order valence-corrected chi connectivity index (χ0v) is 17.6. The van der Waals surface area contributed by atoms with E-state index in [4.69, 9.17) is 10.5 Å². The van der Waals surface area contributed by atoms with Crippen LogP contribution in [0.25, 0.3) is 0 Å². The standard InChI is InChI=1S/C23H26N4O4/c1-13-5-7-18(15-6-8-19-16(11-15)10-14(2)31-19)27(12-13)23(30)22(29)26-21-17(20(24)28)4-3-9-25-21/h3-4,6,8-9,11,13-14,18H,5,7,10,12H2,1-2H3,(H2,24,28)(H,25,26,29)/t13-,14-,18+/m0/s1. The highest BCUT2D eigenvalue weighted by atomic mass is 16.5. The van der Waals surface area contributed by atoms with Crippen LogP contribution < -0.4 is 15.8 Å². The van der Waals surface area contributed by atoms with Crippen molar-refractivity contribution in [1.29, 1.82) is 0 Å². The van der Waals surface area contributed by atoms with Crippen LogP contribution >= 0.6 is 0 Å². The van der Waals surface area contributed by atoms with Gasteiger partial charge in [-0.15, -0.1) is 0 Å².